The predicted octanol–water partition coefficient (Wildman–Crippen LogP) is 4.82. The highest BCUT2D eigenvalue weighted by Crippen LogP contribution is 2.32. The molecule has 0 aliphatic heterocycles. The van der Waals surface area contributed by atoms with Crippen molar-refractivity contribution in [1.29, 1.82) is 0 Å². The highest BCUT2D eigenvalue weighted by Gasteiger charge is 2.38. The van der Waals surface area contributed by atoms with E-state index in [1.54, 1.807) is 6.92 Å². The number of ketones is 1. The topological polar surface area (TPSA) is 67.3 Å². The van der Waals surface area contributed by atoms with E-state index in [2.05, 4.69) is 20.9 Å². The fourth-order valence-corrected chi connectivity index (χ4v) is 3.56. The highest BCUT2D eigenvalue weighted by atomic mass is 79.9. The average Bonchev–Trinajstić information content (AvgIpc) is 2.95. The summed E-state index contributed by atoms with van der Waals surface area (Å²) in [4.78, 5) is 28.3. The van der Waals surface area contributed by atoms with Crippen LogP contribution in [0.15, 0.2) is 34.1 Å². The normalized spacial score (nSPS) is 13.7. The number of Topliss-reactive ketones (excluding diaryl/α,β-unsaturated/α-hetero) is 1. The number of hydrogen-bond acceptors (Lipinski definition) is 4. The number of thiazole rings is 1. The molecule has 0 aliphatic rings. The highest BCUT2D eigenvalue weighted by molar-refractivity contribution is 9.10. The Balaban J connectivity index is 2.09. The zero-order valence-electron chi connectivity index (χ0n) is 13.9. The standard InChI is InChI=1S/C18H20BrNO3S/c1-11(2)18(3,17(22)23)9-15(21)8-14-10-24-16(20-14)12-5-4-6-13(19)7-12/h4-7,10-11H,8-9H2,1-3H3,(H,22,23). The molecule has 1 heterocycles. The van der Waals surface area contributed by atoms with Crippen molar-refractivity contribution in [3.05, 3.63) is 39.8 Å². The molecule has 0 fully saturated rings. The van der Waals surface area contributed by atoms with Crippen molar-refractivity contribution in [3.63, 3.8) is 0 Å². The minimum atomic E-state index is -1.04. The molecule has 24 heavy (non-hydrogen) atoms. The number of aromatic nitrogens is 1. The molecule has 1 aromatic heterocycles. The van der Waals surface area contributed by atoms with Crippen LogP contribution in [0.1, 0.15) is 32.9 Å². The summed E-state index contributed by atoms with van der Waals surface area (Å²) in [7, 11) is 0. The summed E-state index contributed by atoms with van der Waals surface area (Å²) in [6.45, 7) is 5.29. The van der Waals surface area contributed by atoms with E-state index in [0.29, 0.717) is 5.69 Å². The van der Waals surface area contributed by atoms with Gasteiger partial charge in [0.2, 0.25) is 0 Å². The van der Waals surface area contributed by atoms with E-state index in [1.807, 2.05) is 43.5 Å². The summed E-state index contributed by atoms with van der Waals surface area (Å²) in [6, 6.07) is 7.83. The number of rotatable bonds is 7. The monoisotopic (exact) mass is 409 g/mol. The van der Waals surface area contributed by atoms with Gasteiger partial charge in [-0.3, -0.25) is 9.59 Å². The van der Waals surface area contributed by atoms with Crippen LogP contribution < -0.4 is 0 Å². The third-order valence-electron chi connectivity index (χ3n) is 4.33. The van der Waals surface area contributed by atoms with E-state index < -0.39 is 11.4 Å². The molecule has 0 aliphatic carbocycles. The van der Waals surface area contributed by atoms with Gasteiger partial charge in [0.05, 0.1) is 11.1 Å². The van der Waals surface area contributed by atoms with Crippen LogP contribution in [-0.2, 0) is 16.0 Å². The van der Waals surface area contributed by atoms with Crippen LogP contribution in [0.2, 0.25) is 0 Å². The Hall–Kier alpha value is -1.53. The quantitative estimate of drug-likeness (QED) is 0.711. The lowest BCUT2D eigenvalue weighted by molar-refractivity contribution is -0.153. The maximum absolute atomic E-state index is 12.3. The number of benzene rings is 1. The first-order chi connectivity index (χ1) is 11.2. The van der Waals surface area contributed by atoms with Gasteiger partial charge in [-0.2, -0.15) is 0 Å². The van der Waals surface area contributed by atoms with Gasteiger partial charge in [0.1, 0.15) is 10.8 Å². The first kappa shape index (κ1) is 18.8. The van der Waals surface area contributed by atoms with Gasteiger partial charge in [-0.1, -0.05) is 41.9 Å². The summed E-state index contributed by atoms with van der Waals surface area (Å²) in [5.41, 5.74) is 0.641. The molecule has 0 radical (unpaired) electrons. The Morgan fingerprint density at radius 2 is 2.08 bits per heavy atom. The molecule has 0 spiro atoms. The van der Waals surface area contributed by atoms with Crippen molar-refractivity contribution in [1.82, 2.24) is 4.98 Å². The molecule has 2 aromatic rings. The van der Waals surface area contributed by atoms with Crippen LogP contribution in [0.25, 0.3) is 10.6 Å². The van der Waals surface area contributed by atoms with Gasteiger partial charge in [-0.15, -0.1) is 11.3 Å². The third kappa shape index (κ3) is 4.30. The lowest BCUT2D eigenvalue weighted by Crippen LogP contribution is -2.35. The van der Waals surface area contributed by atoms with E-state index >= 15 is 0 Å². The SMILES string of the molecule is CC(C)C(C)(CC(=O)Cc1csc(-c2cccc(Br)c2)n1)C(=O)O. The zero-order chi connectivity index (χ0) is 17.9. The summed E-state index contributed by atoms with van der Waals surface area (Å²) < 4.78 is 0.974. The fourth-order valence-electron chi connectivity index (χ4n) is 2.34. The Morgan fingerprint density at radius 3 is 2.67 bits per heavy atom. The number of carbonyl (C=O) groups is 2. The maximum Gasteiger partial charge on any atom is 0.310 e. The molecule has 128 valence electrons. The van der Waals surface area contributed by atoms with Crippen LogP contribution in [0.4, 0.5) is 0 Å². The molecule has 2 rings (SSSR count). The van der Waals surface area contributed by atoms with Crippen LogP contribution in [-0.4, -0.2) is 21.8 Å². The number of carboxylic acid groups (broad SMARTS) is 1. The van der Waals surface area contributed by atoms with Gasteiger partial charge in [0.25, 0.3) is 0 Å². The molecule has 0 amide bonds. The van der Waals surface area contributed by atoms with Gasteiger partial charge >= 0.3 is 5.97 Å². The van der Waals surface area contributed by atoms with E-state index in [1.165, 1.54) is 11.3 Å². The molecule has 6 heteroatoms. The molecule has 0 bridgehead atoms. The van der Waals surface area contributed by atoms with Gasteiger partial charge < -0.3 is 5.11 Å². The van der Waals surface area contributed by atoms with E-state index in [-0.39, 0.29) is 24.5 Å². The molecule has 1 N–H and O–H groups in total. The average molecular weight is 410 g/mol. The Bertz CT molecular complexity index is 756. The summed E-state index contributed by atoms with van der Waals surface area (Å²) in [6.07, 6.45) is 0.184. The molecule has 1 unspecified atom stereocenters. The second-order valence-electron chi connectivity index (χ2n) is 6.42. The molecular weight excluding hydrogens is 390 g/mol. The molecule has 0 saturated carbocycles. The number of carbonyl (C=O) groups excluding carboxylic acids is 1. The van der Waals surface area contributed by atoms with Crippen molar-refractivity contribution in [2.24, 2.45) is 11.3 Å². The van der Waals surface area contributed by atoms with Gasteiger partial charge in [0, 0.05) is 28.3 Å². The Kier molecular flexibility index (Phi) is 5.93. The van der Waals surface area contributed by atoms with Crippen molar-refractivity contribution in [2.45, 2.75) is 33.6 Å². The van der Waals surface area contributed by atoms with E-state index in [9.17, 15) is 14.7 Å². The summed E-state index contributed by atoms with van der Waals surface area (Å²) >= 11 is 4.92. The van der Waals surface area contributed by atoms with Crippen molar-refractivity contribution in [3.8, 4) is 10.6 Å². The molecule has 4 nitrogen and oxygen atoms in total. The number of hydrogen-bond donors (Lipinski definition) is 1. The van der Waals surface area contributed by atoms with E-state index in [4.69, 9.17) is 0 Å². The largest absolute Gasteiger partial charge is 0.481 e. The smallest absolute Gasteiger partial charge is 0.310 e. The molecule has 1 aromatic carbocycles. The predicted molar refractivity (Wildman–Crippen MR) is 99.2 cm³/mol. The maximum atomic E-state index is 12.3. The van der Waals surface area contributed by atoms with Gasteiger partial charge in [-0.25, -0.2) is 4.98 Å². The molecule has 0 saturated heterocycles. The number of nitrogens with zero attached hydrogens (tertiary/aromatic N) is 1. The number of aliphatic carboxylic acids is 1. The van der Waals surface area contributed by atoms with Crippen molar-refractivity contribution < 1.29 is 14.7 Å². The first-order valence-electron chi connectivity index (χ1n) is 7.68. The van der Waals surface area contributed by atoms with Crippen LogP contribution in [0, 0.1) is 11.3 Å². The molecular formula is C18H20BrNO3S. The van der Waals surface area contributed by atoms with Crippen LogP contribution in [0.3, 0.4) is 0 Å². The minimum Gasteiger partial charge on any atom is -0.481 e. The number of halogens is 1. The van der Waals surface area contributed by atoms with Crippen LogP contribution >= 0.6 is 27.3 Å². The lowest BCUT2D eigenvalue weighted by atomic mass is 9.75. The third-order valence-corrected chi connectivity index (χ3v) is 5.76. The van der Waals surface area contributed by atoms with Gasteiger partial charge in [0.15, 0.2) is 0 Å². The van der Waals surface area contributed by atoms with Crippen molar-refractivity contribution in [2.75, 3.05) is 0 Å². The Morgan fingerprint density at radius 1 is 1.38 bits per heavy atom. The minimum absolute atomic E-state index is 0.0176. The van der Waals surface area contributed by atoms with Crippen molar-refractivity contribution >= 4 is 39.0 Å². The second-order valence-corrected chi connectivity index (χ2v) is 8.20. The molecule has 1 atom stereocenters. The summed E-state index contributed by atoms with van der Waals surface area (Å²) in [5, 5.41) is 12.1. The zero-order valence-corrected chi connectivity index (χ0v) is 16.3. The van der Waals surface area contributed by atoms with Gasteiger partial charge in [-0.05, 0) is 25.0 Å². The lowest BCUT2D eigenvalue weighted by Gasteiger charge is -2.28. The first-order valence-corrected chi connectivity index (χ1v) is 9.35. The number of carboxylic acids is 1. The second kappa shape index (κ2) is 7.57. The summed E-state index contributed by atoms with van der Waals surface area (Å²) in [5.74, 6) is -1.15. The van der Waals surface area contributed by atoms with Crippen LogP contribution in [0.5, 0.6) is 0 Å². The fraction of sp³-hybridized carbons (Fsp3) is 0.389. The van der Waals surface area contributed by atoms with E-state index in [0.717, 1.165) is 15.0 Å². The Labute approximate surface area is 154 Å².